The SMILES string of the molecule is C[C@@H](c1nc2ccccc2s1)N(C)C(=O)CNC(=O)Cc1cccc2ccccc12. The fourth-order valence-corrected chi connectivity index (χ4v) is 4.49. The van der Waals surface area contributed by atoms with Gasteiger partial charge in [-0.15, -0.1) is 11.3 Å². The number of benzene rings is 3. The van der Waals surface area contributed by atoms with Gasteiger partial charge < -0.3 is 10.2 Å². The van der Waals surface area contributed by atoms with E-state index in [4.69, 9.17) is 0 Å². The van der Waals surface area contributed by atoms with Gasteiger partial charge in [-0.1, -0.05) is 54.6 Å². The lowest BCUT2D eigenvalue weighted by Gasteiger charge is -2.23. The number of hydrogen-bond acceptors (Lipinski definition) is 4. The van der Waals surface area contributed by atoms with Gasteiger partial charge >= 0.3 is 0 Å². The summed E-state index contributed by atoms with van der Waals surface area (Å²) in [4.78, 5) is 31.3. The Labute approximate surface area is 179 Å². The molecule has 0 saturated carbocycles. The average molecular weight is 418 g/mol. The molecule has 0 unspecified atom stereocenters. The number of carbonyl (C=O) groups excluding carboxylic acids is 2. The number of nitrogens with zero attached hydrogens (tertiary/aromatic N) is 2. The lowest BCUT2D eigenvalue weighted by molar-refractivity contribution is -0.133. The quantitative estimate of drug-likeness (QED) is 0.508. The molecule has 0 fully saturated rings. The van der Waals surface area contributed by atoms with Gasteiger partial charge in [0.2, 0.25) is 11.8 Å². The molecule has 1 heterocycles. The van der Waals surface area contributed by atoms with Crippen molar-refractivity contribution in [1.82, 2.24) is 15.2 Å². The first-order valence-corrected chi connectivity index (χ1v) is 10.7. The van der Waals surface area contributed by atoms with Crippen molar-refractivity contribution in [2.24, 2.45) is 0 Å². The van der Waals surface area contributed by atoms with Crippen LogP contribution >= 0.6 is 11.3 Å². The maximum atomic E-state index is 12.6. The van der Waals surface area contributed by atoms with Crippen LogP contribution in [0.15, 0.2) is 66.7 Å². The van der Waals surface area contributed by atoms with Crippen molar-refractivity contribution in [3.63, 3.8) is 0 Å². The van der Waals surface area contributed by atoms with Crippen LogP contribution in [0.1, 0.15) is 23.5 Å². The van der Waals surface area contributed by atoms with Crippen LogP contribution < -0.4 is 5.32 Å². The molecule has 0 aliphatic carbocycles. The molecular weight excluding hydrogens is 394 g/mol. The second-order valence-corrected chi connectivity index (χ2v) is 8.35. The largest absolute Gasteiger partial charge is 0.347 e. The molecule has 3 aromatic carbocycles. The molecule has 30 heavy (non-hydrogen) atoms. The first-order valence-electron chi connectivity index (χ1n) is 9.87. The van der Waals surface area contributed by atoms with Crippen LogP contribution in [0.3, 0.4) is 0 Å². The van der Waals surface area contributed by atoms with Crippen molar-refractivity contribution in [2.45, 2.75) is 19.4 Å². The molecule has 6 heteroatoms. The van der Waals surface area contributed by atoms with E-state index in [9.17, 15) is 9.59 Å². The van der Waals surface area contributed by atoms with Crippen molar-refractivity contribution in [3.8, 4) is 0 Å². The highest BCUT2D eigenvalue weighted by atomic mass is 32.1. The topological polar surface area (TPSA) is 62.3 Å². The van der Waals surface area contributed by atoms with Gasteiger partial charge in [0.15, 0.2) is 0 Å². The van der Waals surface area contributed by atoms with Crippen molar-refractivity contribution in [2.75, 3.05) is 13.6 Å². The maximum absolute atomic E-state index is 12.6. The Morgan fingerprint density at radius 3 is 2.60 bits per heavy atom. The summed E-state index contributed by atoms with van der Waals surface area (Å²) < 4.78 is 1.10. The summed E-state index contributed by atoms with van der Waals surface area (Å²) in [7, 11) is 1.75. The van der Waals surface area contributed by atoms with Gasteiger partial charge in [0.25, 0.3) is 0 Å². The van der Waals surface area contributed by atoms with Crippen molar-refractivity contribution in [1.29, 1.82) is 0 Å². The molecule has 0 bridgehead atoms. The Kier molecular flexibility index (Phi) is 5.77. The molecule has 0 saturated heterocycles. The highest BCUT2D eigenvalue weighted by Crippen LogP contribution is 2.28. The third-order valence-corrected chi connectivity index (χ3v) is 6.52. The van der Waals surface area contributed by atoms with Crippen molar-refractivity contribution >= 4 is 44.1 Å². The Morgan fingerprint density at radius 1 is 1.03 bits per heavy atom. The maximum Gasteiger partial charge on any atom is 0.242 e. The van der Waals surface area contributed by atoms with Gasteiger partial charge in [0.05, 0.1) is 29.2 Å². The molecule has 4 rings (SSSR count). The Balaban J connectivity index is 1.36. The average Bonchev–Trinajstić information content (AvgIpc) is 3.21. The van der Waals surface area contributed by atoms with Gasteiger partial charge in [-0.2, -0.15) is 0 Å². The van der Waals surface area contributed by atoms with Gasteiger partial charge in [-0.05, 0) is 35.4 Å². The number of thiazole rings is 1. The third kappa shape index (κ3) is 4.19. The molecule has 1 aromatic heterocycles. The Bertz CT molecular complexity index is 1180. The van der Waals surface area contributed by atoms with Crippen LogP contribution in [0.4, 0.5) is 0 Å². The predicted octanol–water partition coefficient (Wildman–Crippen LogP) is 4.33. The zero-order valence-electron chi connectivity index (χ0n) is 17.0. The fourth-order valence-electron chi connectivity index (χ4n) is 3.43. The van der Waals surface area contributed by atoms with E-state index in [1.807, 2.05) is 73.7 Å². The van der Waals surface area contributed by atoms with Crippen LogP contribution in [-0.2, 0) is 16.0 Å². The highest BCUT2D eigenvalue weighted by Gasteiger charge is 2.21. The minimum Gasteiger partial charge on any atom is -0.347 e. The highest BCUT2D eigenvalue weighted by molar-refractivity contribution is 7.18. The van der Waals surface area contributed by atoms with Crippen molar-refractivity contribution < 1.29 is 9.59 Å². The lowest BCUT2D eigenvalue weighted by atomic mass is 10.0. The van der Waals surface area contributed by atoms with E-state index in [0.29, 0.717) is 0 Å². The van der Waals surface area contributed by atoms with Gasteiger partial charge in [-0.3, -0.25) is 9.59 Å². The number of fused-ring (bicyclic) bond motifs is 2. The summed E-state index contributed by atoms with van der Waals surface area (Å²) in [5.74, 6) is -0.311. The molecular formula is C24H23N3O2S. The van der Waals surface area contributed by atoms with E-state index in [0.717, 1.165) is 31.6 Å². The van der Waals surface area contributed by atoms with Gasteiger partial charge in [-0.25, -0.2) is 4.98 Å². The van der Waals surface area contributed by atoms with E-state index in [2.05, 4.69) is 10.3 Å². The second-order valence-electron chi connectivity index (χ2n) is 7.29. The molecule has 0 aliphatic heterocycles. The summed E-state index contributed by atoms with van der Waals surface area (Å²) in [6, 6.07) is 21.7. The molecule has 4 aromatic rings. The number of carbonyl (C=O) groups is 2. The number of para-hydroxylation sites is 1. The number of hydrogen-bond donors (Lipinski definition) is 1. The number of nitrogens with one attached hydrogen (secondary N) is 1. The van der Waals surface area contributed by atoms with Gasteiger partial charge in [0.1, 0.15) is 5.01 Å². The van der Waals surface area contributed by atoms with Crippen LogP contribution in [0.5, 0.6) is 0 Å². The number of rotatable bonds is 6. The number of aromatic nitrogens is 1. The predicted molar refractivity (Wildman–Crippen MR) is 121 cm³/mol. The van der Waals surface area contributed by atoms with Crippen molar-refractivity contribution in [3.05, 3.63) is 77.3 Å². The van der Waals surface area contributed by atoms with Crippen LogP contribution in [0, 0.1) is 0 Å². The minimum absolute atomic E-state index is 0.0324. The van der Waals surface area contributed by atoms with E-state index in [-0.39, 0.29) is 30.8 Å². The van der Waals surface area contributed by atoms with Crippen LogP contribution in [-0.4, -0.2) is 35.3 Å². The van der Waals surface area contributed by atoms with E-state index < -0.39 is 0 Å². The number of likely N-dealkylation sites (N-methyl/N-ethyl adjacent to an activating group) is 1. The second kappa shape index (κ2) is 8.63. The molecule has 2 amide bonds. The normalized spacial score (nSPS) is 12.1. The van der Waals surface area contributed by atoms with Gasteiger partial charge in [0, 0.05) is 7.05 Å². The summed E-state index contributed by atoms with van der Waals surface area (Å²) in [5.41, 5.74) is 1.89. The summed E-state index contributed by atoms with van der Waals surface area (Å²) in [5, 5.41) is 5.80. The van der Waals surface area contributed by atoms with Crippen LogP contribution in [0.2, 0.25) is 0 Å². The Morgan fingerprint density at radius 2 is 1.77 bits per heavy atom. The fraction of sp³-hybridized carbons (Fsp3) is 0.208. The molecule has 0 aliphatic rings. The Hall–Kier alpha value is -3.25. The summed E-state index contributed by atoms with van der Waals surface area (Å²) in [6.07, 6.45) is 0.242. The zero-order chi connectivity index (χ0) is 21.1. The standard InChI is InChI=1S/C24H23N3O2S/c1-16(24-26-20-12-5-6-13-21(20)30-24)27(2)23(29)15-25-22(28)14-18-10-7-9-17-8-3-4-11-19(17)18/h3-13,16H,14-15H2,1-2H3,(H,25,28)/t16-/m0/s1. The van der Waals surface area contributed by atoms with E-state index in [1.54, 1.807) is 23.3 Å². The molecule has 1 N–H and O–H groups in total. The first-order chi connectivity index (χ1) is 14.5. The third-order valence-electron chi connectivity index (χ3n) is 5.31. The van der Waals surface area contributed by atoms with E-state index >= 15 is 0 Å². The van der Waals surface area contributed by atoms with E-state index in [1.165, 1.54) is 0 Å². The molecule has 152 valence electrons. The number of amides is 2. The van der Waals surface area contributed by atoms with Crippen LogP contribution in [0.25, 0.3) is 21.0 Å². The molecule has 1 atom stereocenters. The first kappa shape index (κ1) is 20.0. The molecule has 0 radical (unpaired) electrons. The summed E-state index contributed by atoms with van der Waals surface area (Å²) >= 11 is 1.59. The minimum atomic E-state index is -0.166. The monoisotopic (exact) mass is 417 g/mol. The molecule has 5 nitrogen and oxygen atoms in total. The molecule has 0 spiro atoms. The zero-order valence-corrected chi connectivity index (χ0v) is 17.8. The smallest absolute Gasteiger partial charge is 0.242 e. The lowest BCUT2D eigenvalue weighted by Crippen LogP contribution is -2.39. The summed E-state index contributed by atoms with van der Waals surface area (Å²) in [6.45, 7) is 1.92.